The van der Waals surface area contributed by atoms with E-state index in [4.69, 9.17) is 0 Å². The summed E-state index contributed by atoms with van der Waals surface area (Å²) in [4.78, 5) is 13.4. The Morgan fingerprint density at radius 1 is 1.56 bits per heavy atom. The second kappa shape index (κ2) is 5.52. The van der Waals surface area contributed by atoms with Gasteiger partial charge in [0.05, 0.1) is 0 Å². The van der Waals surface area contributed by atoms with Crippen LogP contribution in [0.2, 0.25) is 0 Å². The van der Waals surface area contributed by atoms with Crippen LogP contribution in [-0.4, -0.2) is 17.2 Å². The van der Waals surface area contributed by atoms with E-state index in [0.717, 1.165) is 18.3 Å². The third-order valence-electron chi connectivity index (χ3n) is 4.04. The molecule has 1 aromatic rings. The van der Waals surface area contributed by atoms with E-state index in [-0.39, 0.29) is 0 Å². The van der Waals surface area contributed by atoms with E-state index in [1.165, 1.54) is 26.3 Å². The fraction of sp³-hybridized carbons (Fsp3) is 0.692. The summed E-state index contributed by atoms with van der Waals surface area (Å²) in [7, 11) is 1.50. The Morgan fingerprint density at radius 3 is 2.94 bits per heavy atom. The van der Waals surface area contributed by atoms with Crippen molar-refractivity contribution in [3.8, 4) is 0 Å². The van der Waals surface area contributed by atoms with Gasteiger partial charge in [0.25, 0.3) is 0 Å². The molecule has 5 nitrogen and oxygen atoms in total. The molecule has 1 aromatic heterocycles. The van der Waals surface area contributed by atoms with E-state index < -0.39 is 5.76 Å². The number of rotatable bonds is 3. The minimum atomic E-state index is -0.443. The first-order chi connectivity index (χ1) is 8.76. The molecule has 1 fully saturated rings. The highest BCUT2D eigenvalue weighted by Gasteiger charge is 2.43. The standard InChI is InChI=1S/C12H16N2O2.CH5N/c1-2-7-3-8-5-9(10(8)4-7)6-11-13-12(15)16-14-11;1-2/h4,8-10H,2-3,5-6H2,1H3,(H,13,14,15);2H2,1H3/t8-,9?,10-;/m1./s1. The van der Waals surface area contributed by atoms with Crippen LogP contribution in [-0.2, 0) is 6.42 Å². The number of nitrogens with one attached hydrogen (secondary N) is 1. The number of nitrogens with two attached hydrogens (primary N) is 1. The number of allylic oxidation sites excluding steroid dienone is 2. The molecule has 1 unspecified atom stereocenters. The zero-order chi connectivity index (χ0) is 13.1. The van der Waals surface area contributed by atoms with E-state index in [1.807, 2.05) is 0 Å². The van der Waals surface area contributed by atoms with Crippen LogP contribution in [0.25, 0.3) is 0 Å². The zero-order valence-corrected chi connectivity index (χ0v) is 11.0. The molecule has 5 heteroatoms. The molecule has 3 N–H and O–H groups in total. The number of aromatic nitrogens is 2. The summed E-state index contributed by atoms with van der Waals surface area (Å²) >= 11 is 0. The minimum Gasteiger partial charge on any atom is -0.333 e. The lowest BCUT2D eigenvalue weighted by Crippen LogP contribution is -2.34. The van der Waals surface area contributed by atoms with Gasteiger partial charge in [0.15, 0.2) is 5.82 Å². The van der Waals surface area contributed by atoms with Gasteiger partial charge in [0.1, 0.15) is 0 Å². The number of H-pyrrole nitrogens is 1. The Morgan fingerprint density at radius 2 is 2.33 bits per heavy atom. The predicted molar refractivity (Wildman–Crippen MR) is 69.0 cm³/mol. The van der Waals surface area contributed by atoms with Crippen LogP contribution in [0, 0.1) is 17.8 Å². The van der Waals surface area contributed by atoms with Crippen LogP contribution in [0.1, 0.15) is 32.0 Å². The normalized spacial score (nSPS) is 28.8. The molecule has 3 rings (SSSR count). The maximum atomic E-state index is 10.8. The van der Waals surface area contributed by atoms with Gasteiger partial charge >= 0.3 is 5.76 Å². The van der Waals surface area contributed by atoms with E-state index in [9.17, 15) is 4.79 Å². The lowest BCUT2D eigenvalue weighted by Gasteiger charge is -2.39. The summed E-state index contributed by atoms with van der Waals surface area (Å²) < 4.78 is 4.51. The Hall–Kier alpha value is -1.36. The lowest BCUT2D eigenvalue weighted by molar-refractivity contribution is 0.126. The molecule has 0 aromatic carbocycles. The number of fused-ring (bicyclic) bond motifs is 1. The lowest BCUT2D eigenvalue weighted by atomic mass is 9.65. The molecule has 0 amide bonds. The van der Waals surface area contributed by atoms with E-state index >= 15 is 0 Å². The second-order valence-corrected chi connectivity index (χ2v) is 4.96. The van der Waals surface area contributed by atoms with Crippen LogP contribution < -0.4 is 11.5 Å². The van der Waals surface area contributed by atoms with Gasteiger partial charge in [-0.25, -0.2) is 4.79 Å². The molecule has 0 bridgehead atoms. The molecule has 0 aliphatic heterocycles. The molecule has 2 aliphatic rings. The van der Waals surface area contributed by atoms with Crippen molar-refractivity contribution in [2.24, 2.45) is 23.5 Å². The Labute approximate surface area is 106 Å². The molecule has 100 valence electrons. The van der Waals surface area contributed by atoms with E-state index in [0.29, 0.717) is 11.7 Å². The van der Waals surface area contributed by atoms with Gasteiger partial charge in [-0.05, 0) is 44.1 Å². The molecular weight excluding hydrogens is 230 g/mol. The van der Waals surface area contributed by atoms with Crippen molar-refractivity contribution >= 4 is 0 Å². The highest BCUT2D eigenvalue weighted by atomic mass is 16.5. The smallest absolute Gasteiger partial charge is 0.333 e. The molecule has 1 saturated carbocycles. The third kappa shape index (κ3) is 2.41. The number of hydrogen-bond acceptors (Lipinski definition) is 4. The minimum absolute atomic E-state index is 0.443. The first-order valence-electron chi connectivity index (χ1n) is 6.58. The van der Waals surface area contributed by atoms with Crippen molar-refractivity contribution in [1.82, 2.24) is 10.1 Å². The fourth-order valence-corrected chi connectivity index (χ4v) is 3.14. The van der Waals surface area contributed by atoms with Crippen molar-refractivity contribution < 1.29 is 4.52 Å². The zero-order valence-electron chi connectivity index (χ0n) is 11.0. The Balaban J connectivity index is 0.000000574. The van der Waals surface area contributed by atoms with Gasteiger partial charge in [-0.2, -0.15) is 0 Å². The summed E-state index contributed by atoms with van der Waals surface area (Å²) in [6.07, 6.45) is 7.02. The summed E-state index contributed by atoms with van der Waals surface area (Å²) in [5.41, 5.74) is 6.10. The van der Waals surface area contributed by atoms with Gasteiger partial charge < -0.3 is 5.73 Å². The van der Waals surface area contributed by atoms with E-state index in [2.05, 4.69) is 33.4 Å². The highest BCUT2D eigenvalue weighted by molar-refractivity contribution is 5.19. The molecule has 18 heavy (non-hydrogen) atoms. The Kier molecular flexibility index (Phi) is 4.01. The average Bonchev–Trinajstić information content (AvgIpc) is 2.93. The Bertz CT molecular complexity index is 475. The van der Waals surface area contributed by atoms with Gasteiger partial charge in [-0.3, -0.25) is 9.51 Å². The maximum absolute atomic E-state index is 10.8. The van der Waals surface area contributed by atoms with E-state index in [1.54, 1.807) is 5.57 Å². The van der Waals surface area contributed by atoms with Crippen molar-refractivity contribution in [3.63, 3.8) is 0 Å². The molecule has 2 aliphatic carbocycles. The monoisotopic (exact) mass is 251 g/mol. The SMILES string of the molecule is CCC1=C[C@H]2C(Cc3noc(=O)[nH]3)C[C@H]2C1.CN. The quantitative estimate of drug-likeness (QED) is 0.797. The number of aromatic amines is 1. The van der Waals surface area contributed by atoms with Gasteiger partial charge in [-0.1, -0.05) is 23.7 Å². The van der Waals surface area contributed by atoms with Crippen LogP contribution in [0.15, 0.2) is 21.0 Å². The molecule has 1 heterocycles. The van der Waals surface area contributed by atoms with Crippen LogP contribution in [0.3, 0.4) is 0 Å². The summed E-state index contributed by atoms with van der Waals surface area (Å²) in [6, 6.07) is 0. The van der Waals surface area contributed by atoms with Crippen LogP contribution in [0.5, 0.6) is 0 Å². The third-order valence-corrected chi connectivity index (χ3v) is 4.04. The maximum Gasteiger partial charge on any atom is 0.438 e. The molecular formula is C13H21N3O2. The van der Waals surface area contributed by atoms with Crippen molar-refractivity contribution in [3.05, 3.63) is 28.0 Å². The van der Waals surface area contributed by atoms with Crippen molar-refractivity contribution in [2.45, 2.75) is 32.6 Å². The van der Waals surface area contributed by atoms with Gasteiger partial charge in [0, 0.05) is 6.42 Å². The first-order valence-corrected chi connectivity index (χ1v) is 6.58. The predicted octanol–water partition coefficient (Wildman–Crippen LogP) is 1.47. The van der Waals surface area contributed by atoms with Crippen molar-refractivity contribution in [1.29, 1.82) is 0 Å². The molecule has 0 radical (unpaired) electrons. The summed E-state index contributed by atoms with van der Waals surface area (Å²) in [5, 5.41) is 3.73. The molecule has 3 atom stereocenters. The summed E-state index contributed by atoms with van der Waals surface area (Å²) in [5.74, 6) is 2.48. The number of hydrogen-bond donors (Lipinski definition) is 2. The second-order valence-electron chi connectivity index (χ2n) is 4.96. The average molecular weight is 251 g/mol. The van der Waals surface area contributed by atoms with Crippen LogP contribution >= 0.6 is 0 Å². The van der Waals surface area contributed by atoms with Crippen molar-refractivity contribution in [2.75, 3.05) is 7.05 Å². The highest BCUT2D eigenvalue weighted by Crippen LogP contribution is 2.51. The summed E-state index contributed by atoms with van der Waals surface area (Å²) in [6.45, 7) is 2.22. The molecule has 0 saturated heterocycles. The van der Waals surface area contributed by atoms with Crippen LogP contribution in [0.4, 0.5) is 0 Å². The number of nitrogens with zero attached hydrogens (tertiary/aromatic N) is 1. The fourth-order valence-electron chi connectivity index (χ4n) is 3.14. The first kappa shape index (κ1) is 13.1. The molecule has 0 spiro atoms. The van der Waals surface area contributed by atoms with Gasteiger partial charge in [0.2, 0.25) is 0 Å². The largest absolute Gasteiger partial charge is 0.438 e. The topological polar surface area (TPSA) is 84.9 Å². The van der Waals surface area contributed by atoms with Gasteiger partial charge in [-0.15, -0.1) is 0 Å².